The third-order valence-corrected chi connectivity index (χ3v) is 4.18. The highest BCUT2D eigenvalue weighted by molar-refractivity contribution is 5.92. The lowest BCUT2D eigenvalue weighted by Gasteiger charge is -2.24. The van der Waals surface area contributed by atoms with Gasteiger partial charge >= 0.3 is 0 Å². The first-order chi connectivity index (χ1) is 11.6. The molecule has 0 saturated carbocycles. The first kappa shape index (κ1) is 16.6. The van der Waals surface area contributed by atoms with Crippen LogP contribution in [-0.2, 0) is 11.3 Å². The first-order valence-corrected chi connectivity index (χ1v) is 7.85. The summed E-state index contributed by atoms with van der Waals surface area (Å²) in [7, 11) is 1.61. The lowest BCUT2D eigenvalue weighted by molar-refractivity contribution is 0.0708. The first-order valence-electron chi connectivity index (χ1n) is 7.85. The van der Waals surface area contributed by atoms with Gasteiger partial charge in [0.15, 0.2) is 0 Å². The maximum atomic E-state index is 13.1. The Labute approximate surface area is 139 Å². The molecule has 2 aromatic rings. The lowest BCUT2D eigenvalue weighted by atomic mass is 10.0. The van der Waals surface area contributed by atoms with Crippen molar-refractivity contribution < 1.29 is 19.0 Å². The van der Waals surface area contributed by atoms with Crippen LogP contribution in [0.4, 0.5) is 4.39 Å². The van der Waals surface area contributed by atoms with Crippen LogP contribution < -0.4 is 0 Å². The molecule has 1 aromatic heterocycles. The van der Waals surface area contributed by atoms with Crippen LogP contribution in [0.1, 0.15) is 28.5 Å². The Morgan fingerprint density at radius 3 is 2.83 bits per heavy atom. The van der Waals surface area contributed by atoms with Gasteiger partial charge in [-0.3, -0.25) is 9.48 Å². The molecule has 0 bridgehead atoms. The predicted octanol–water partition coefficient (Wildman–Crippen LogP) is 1.62. The summed E-state index contributed by atoms with van der Waals surface area (Å²) in [5.41, 5.74) is 1.13. The van der Waals surface area contributed by atoms with Gasteiger partial charge in [0.1, 0.15) is 11.5 Å². The van der Waals surface area contributed by atoms with Crippen molar-refractivity contribution in [3.05, 3.63) is 53.6 Å². The van der Waals surface area contributed by atoms with E-state index in [-0.39, 0.29) is 24.3 Å². The Bertz CT molecular complexity index is 701. The molecule has 0 radical (unpaired) electrons. The van der Waals surface area contributed by atoms with Crippen LogP contribution in [0.2, 0.25) is 0 Å². The number of methoxy groups -OCH3 is 1. The third-order valence-electron chi connectivity index (χ3n) is 4.18. The minimum absolute atomic E-state index is 0.239. The number of β-amino-alcohol motifs (C(OH)–C–C–N with tert-alkyl or cyclic N) is 1. The molecule has 1 N–H and O–H groups in total. The monoisotopic (exact) mass is 333 g/mol. The maximum Gasteiger partial charge on any atom is 0.274 e. The van der Waals surface area contributed by atoms with Gasteiger partial charge in [-0.2, -0.15) is 5.10 Å². The minimum atomic E-state index is -0.598. The number of likely N-dealkylation sites (tertiary alicyclic amines) is 1. The van der Waals surface area contributed by atoms with E-state index in [2.05, 4.69) is 5.10 Å². The number of aliphatic hydroxyl groups excluding tert-OH is 1. The summed E-state index contributed by atoms with van der Waals surface area (Å²) in [5, 5.41) is 14.3. The summed E-state index contributed by atoms with van der Waals surface area (Å²) in [5.74, 6) is -0.566. The number of ether oxygens (including phenoxy) is 1. The van der Waals surface area contributed by atoms with Gasteiger partial charge in [0.2, 0.25) is 0 Å². The van der Waals surface area contributed by atoms with Crippen LogP contribution in [0.25, 0.3) is 0 Å². The molecule has 1 aliphatic rings. The van der Waals surface area contributed by atoms with Crippen LogP contribution in [0, 0.1) is 5.82 Å². The quantitative estimate of drug-likeness (QED) is 0.903. The maximum absolute atomic E-state index is 13.1. The number of carbonyl (C=O) groups is 1. The van der Waals surface area contributed by atoms with E-state index in [0.717, 1.165) is 5.56 Å². The number of rotatable bonds is 5. The van der Waals surface area contributed by atoms with Gasteiger partial charge in [-0.1, -0.05) is 12.1 Å². The highest BCUT2D eigenvalue weighted by Crippen LogP contribution is 2.33. The van der Waals surface area contributed by atoms with Gasteiger partial charge < -0.3 is 14.7 Å². The molecule has 1 amide bonds. The lowest BCUT2D eigenvalue weighted by Crippen LogP contribution is -2.32. The number of nitrogens with zero attached hydrogens (tertiary/aromatic N) is 3. The van der Waals surface area contributed by atoms with Crippen molar-refractivity contribution in [3.8, 4) is 0 Å². The number of aromatic nitrogens is 2. The van der Waals surface area contributed by atoms with E-state index in [1.807, 2.05) is 0 Å². The van der Waals surface area contributed by atoms with Crippen molar-refractivity contribution in [2.45, 2.75) is 25.1 Å². The number of aliphatic hydroxyl groups is 1. The molecule has 24 heavy (non-hydrogen) atoms. The fourth-order valence-electron chi connectivity index (χ4n) is 2.97. The molecule has 3 rings (SSSR count). The van der Waals surface area contributed by atoms with E-state index in [1.54, 1.807) is 41.1 Å². The zero-order valence-electron chi connectivity index (χ0n) is 13.4. The number of benzene rings is 1. The molecule has 0 spiro atoms. The average Bonchev–Trinajstić information content (AvgIpc) is 3.20. The van der Waals surface area contributed by atoms with Crippen LogP contribution in [-0.4, -0.2) is 52.1 Å². The van der Waals surface area contributed by atoms with Gasteiger partial charge in [0.05, 0.1) is 25.3 Å². The second kappa shape index (κ2) is 7.11. The standard InChI is InChI=1S/C17H20FN3O3/c1-24-9-8-20-7-6-15(19-20)17(23)21-11-14(22)10-16(21)12-2-4-13(18)5-3-12/h2-7,14,16,22H,8-11H2,1H3/t14-,16-/m1/s1. The van der Waals surface area contributed by atoms with E-state index in [1.165, 1.54) is 12.1 Å². The van der Waals surface area contributed by atoms with Gasteiger partial charge in [-0.25, -0.2) is 4.39 Å². The number of carbonyl (C=O) groups excluding carboxylic acids is 1. The van der Waals surface area contributed by atoms with Gasteiger partial charge in [0, 0.05) is 19.9 Å². The summed E-state index contributed by atoms with van der Waals surface area (Å²) in [6.45, 7) is 1.32. The van der Waals surface area contributed by atoms with Crippen molar-refractivity contribution in [1.82, 2.24) is 14.7 Å². The van der Waals surface area contributed by atoms with Gasteiger partial charge in [-0.15, -0.1) is 0 Å². The number of hydrogen-bond donors (Lipinski definition) is 1. The van der Waals surface area contributed by atoms with Crippen molar-refractivity contribution in [2.75, 3.05) is 20.3 Å². The van der Waals surface area contributed by atoms with Crippen molar-refractivity contribution in [1.29, 1.82) is 0 Å². The summed E-state index contributed by atoms with van der Waals surface area (Å²) >= 11 is 0. The topological polar surface area (TPSA) is 67.6 Å². The van der Waals surface area contributed by atoms with Crippen molar-refractivity contribution in [3.63, 3.8) is 0 Å². The number of hydrogen-bond acceptors (Lipinski definition) is 4. The molecule has 7 heteroatoms. The molecule has 2 atom stereocenters. The molecule has 0 aliphatic carbocycles. The molecular weight excluding hydrogens is 313 g/mol. The molecule has 1 saturated heterocycles. The van der Waals surface area contributed by atoms with Crippen LogP contribution in [0.3, 0.4) is 0 Å². The molecule has 0 unspecified atom stereocenters. The Morgan fingerprint density at radius 2 is 2.12 bits per heavy atom. The average molecular weight is 333 g/mol. The molecule has 128 valence electrons. The Balaban J connectivity index is 1.79. The van der Waals surface area contributed by atoms with Crippen LogP contribution in [0.5, 0.6) is 0 Å². The summed E-state index contributed by atoms with van der Waals surface area (Å²) in [4.78, 5) is 14.4. The van der Waals surface area contributed by atoms with Crippen molar-refractivity contribution >= 4 is 5.91 Å². The third kappa shape index (κ3) is 3.47. The van der Waals surface area contributed by atoms with Crippen LogP contribution in [0.15, 0.2) is 36.5 Å². The summed E-state index contributed by atoms with van der Waals surface area (Å²) in [6, 6.07) is 7.40. The van der Waals surface area contributed by atoms with Crippen LogP contribution >= 0.6 is 0 Å². The fourth-order valence-corrected chi connectivity index (χ4v) is 2.97. The van der Waals surface area contributed by atoms with E-state index >= 15 is 0 Å². The fraction of sp³-hybridized carbons (Fsp3) is 0.412. The molecule has 1 fully saturated rings. The zero-order chi connectivity index (χ0) is 17.1. The van der Waals surface area contributed by atoms with E-state index in [9.17, 15) is 14.3 Å². The molecule has 1 aromatic carbocycles. The molecule has 6 nitrogen and oxygen atoms in total. The summed E-state index contributed by atoms with van der Waals surface area (Å²) < 4.78 is 19.8. The molecule has 2 heterocycles. The van der Waals surface area contributed by atoms with Gasteiger partial charge in [-0.05, 0) is 30.2 Å². The van der Waals surface area contributed by atoms with Gasteiger partial charge in [0.25, 0.3) is 5.91 Å². The highest BCUT2D eigenvalue weighted by atomic mass is 19.1. The second-order valence-corrected chi connectivity index (χ2v) is 5.87. The second-order valence-electron chi connectivity index (χ2n) is 5.87. The molecule has 1 aliphatic heterocycles. The van der Waals surface area contributed by atoms with E-state index in [0.29, 0.717) is 25.3 Å². The Hall–Kier alpha value is -2.25. The molecular formula is C17H20FN3O3. The summed E-state index contributed by atoms with van der Waals surface area (Å²) in [6.07, 6.45) is 1.56. The Kier molecular flexibility index (Phi) is 4.92. The zero-order valence-corrected chi connectivity index (χ0v) is 13.4. The SMILES string of the molecule is COCCn1ccc(C(=O)N2C[C@H](O)C[C@@H]2c2ccc(F)cc2)n1. The smallest absolute Gasteiger partial charge is 0.274 e. The predicted molar refractivity (Wildman–Crippen MR) is 84.9 cm³/mol. The van der Waals surface area contributed by atoms with Crippen molar-refractivity contribution in [2.24, 2.45) is 0 Å². The highest BCUT2D eigenvalue weighted by Gasteiger charge is 2.36. The normalized spacial score (nSPS) is 20.5. The van der Waals surface area contributed by atoms with E-state index in [4.69, 9.17) is 4.74 Å². The minimum Gasteiger partial charge on any atom is -0.391 e. The number of amides is 1. The number of halogens is 1. The Morgan fingerprint density at radius 1 is 1.38 bits per heavy atom. The largest absolute Gasteiger partial charge is 0.391 e. The van der Waals surface area contributed by atoms with E-state index < -0.39 is 6.10 Å².